The molecule has 2 aromatic rings. The van der Waals surface area contributed by atoms with Crippen molar-refractivity contribution < 1.29 is 13.2 Å². The number of nitrogens with zero attached hydrogens (tertiary/aromatic N) is 1. The molecule has 0 aromatic heterocycles. The maximum Gasteiger partial charge on any atom is 0.227 e. The molecule has 5 heteroatoms. The molecule has 0 atom stereocenters. The van der Waals surface area contributed by atoms with Crippen LogP contribution in [0.15, 0.2) is 53.4 Å². The Labute approximate surface area is 136 Å². The molecule has 1 aliphatic heterocycles. The number of benzene rings is 2. The highest BCUT2D eigenvalue weighted by molar-refractivity contribution is 7.91. The molecule has 0 aliphatic carbocycles. The van der Waals surface area contributed by atoms with Crippen molar-refractivity contribution >= 4 is 21.4 Å². The molecule has 0 saturated heterocycles. The largest absolute Gasteiger partial charge is 0.310 e. The van der Waals surface area contributed by atoms with E-state index in [0.717, 1.165) is 5.56 Å². The fourth-order valence-electron chi connectivity index (χ4n) is 2.90. The number of fused-ring (bicyclic) bond motifs is 1. The third-order valence-electron chi connectivity index (χ3n) is 4.09. The number of sulfone groups is 1. The van der Waals surface area contributed by atoms with Crippen molar-refractivity contribution in [1.82, 2.24) is 0 Å². The molecule has 2 aromatic carbocycles. The van der Waals surface area contributed by atoms with Crippen LogP contribution >= 0.6 is 0 Å². The van der Waals surface area contributed by atoms with E-state index in [0.29, 0.717) is 18.5 Å². The topological polar surface area (TPSA) is 54.5 Å². The van der Waals surface area contributed by atoms with Gasteiger partial charge >= 0.3 is 0 Å². The van der Waals surface area contributed by atoms with Crippen LogP contribution in [-0.2, 0) is 21.1 Å². The quantitative estimate of drug-likeness (QED) is 0.870. The Morgan fingerprint density at radius 1 is 1.13 bits per heavy atom. The predicted octanol–water partition coefficient (Wildman–Crippen LogP) is 2.75. The summed E-state index contributed by atoms with van der Waals surface area (Å²) in [4.78, 5) is 14.4. The Morgan fingerprint density at radius 2 is 1.91 bits per heavy atom. The number of hydrogen-bond donors (Lipinski definition) is 0. The summed E-state index contributed by atoms with van der Waals surface area (Å²) in [5, 5.41) is 0. The van der Waals surface area contributed by atoms with Crippen LogP contribution in [0.5, 0.6) is 0 Å². The van der Waals surface area contributed by atoms with Gasteiger partial charge in [0, 0.05) is 13.0 Å². The zero-order valence-electron chi connectivity index (χ0n) is 13.0. The molecule has 23 heavy (non-hydrogen) atoms. The lowest BCUT2D eigenvalue weighted by Gasteiger charge is -2.29. The smallest absolute Gasteiger partial charge is 0.227 e. The Balaban J connectivity index is 1.78. The van der Waals surface area contributed by atoms with Gasteiger partial charge < -0.3 is 4.90 Å². The Morgan fingerprint density at radius 3 is 2.70 bits per heavy atom. The zero-order chi connectivity index (χ0) is 16.4. The highest BCUT2D eigenvalue weighted by Crippen LogP contribution is 2.30. The fraction of sp³-hybridized carbons (Fsp3) is 0.278. The van der Waals surface area contributed by atoms with Crippen LogP contribution in [0.4, 0.5) is 5.69 Å². The Bertz CT molecular complexity index is 843. The van der Waals surface area contributed by atoms with E-state index in [2.05, 4.69) is 6.07 Å². The molecule has 3 rings (SSSR count). The first-order chi connectivity index (χ1) is 11.0. The van der Waals surface area contributed by atoms with Crippen LogP contribution in [0, 0.1) is 6.92 Å². The summed E-state index contributed by atoms with van der Waals surface area (Å²) in [6.07, 6.45) is 1.03. The fourth-order valence-corrected chi connectivity index (χ4v) is 4.32. The van der Waals surface area contributed by atoms with Gasteiger partial charge in [0.25, 0.3) is 0 Å². The van der Waals surface area contributed by atoms with Gasteiger partial charge in [-0.1, -0.05) is 42.0 Å². The van der Waals surface area contributed by atoms with Gasteiger partial charge in [-0.25, -0.2) is 8.42 Å². The molecule has 120 valence electrons. The minimum Gasteiger partial charge on any atom is -0.310 e. The second-order valence-corrected chi connectivity index (χ2v) is 7.90. The molecule has 0 radical (unpaired) electrons. The average Bonchev–Trinajstić information content (AvgIpc) is 2.53. The summed E-state index contributed by atoms with van der Waals surface area (Å²) in [6.45, 7) is 2.25. The summed E-state index contributed by atoms with van der Waals surface area (Å²) in [7, 11) is -3.28. The monoisotopic (exact) mass is 329 g/mol. The Hall–Kier alpha value is -2.14. The van der Waals surface area contributed by atoms with E-state index < -0.39 is 9.84 Å². The molecule has 1 heterocycles. The van der Waals surface area contributed by atoms with Crippen molar-refractivity contribution in [2.24, 2.45) is 0 Å². The van der Waals surface area contributed by atoms with E-state index in [4.69, 9.17) is 0 Å². The van der Waals surface area contributed by atoms with Crippen molar-refractivity contribution in [3.8, 4) is 0 Å². The van der Waals surface area contributed by atoms with Gasteiger partial charge in [-0.2, -0.15) is 0 Å². The Kier molecular flexibility index (Phi) is 4.22. The van der Waals surface area contributed by atoms with Crippen LogP contribution in [0.1, 0.15) is 17.5 Å². The first kappa shape index (κ1) is 15.7. The summed E-state index contributed by atoms with van der Waals surface area (Å²) in [5.74, 6) is -0.0472. The van der Waals surface area contributed by atoms with Gasteiger partial charge in [-0.3, -0.25) is 4.79 Å². The van der Waals surface area contributed by atoms with Gasteiger partial charge in [0.2, 0.25) is 5.91 Å². The van der Waals surface area contributed by atoms with E-state index in [1.165, 1.54) is 5.56 Å². The predicted molar refractivity (Wildman–Crippen MR) is 90.3 cm³/mol. The third-order valence-corrected chi connectivity index (χ3v) is 5.82. The average molecular weight is 329 g/mol. The molecule has 0 bridgehead atoms. The molecular weight excluding hydrogens is 310 g/mol. The number of amides is 1. The normalized spacial score (nSPS) is 16.0. The lowest BCUT2D eigenvalue weighted by molar-refractivity contribution is -0.118. The van der Waals surface area contributed by atoms with Crippen molar-refractivity contribution in [2.45, 2.75) is 24.7 Å². The molecule has 0 saturated carbocycles. The maximum absolute atomic E-state index is 12.6. The molecule has 0 spiro atoms. The van der Waals surface area contributed by atoms with Gasteiger partial charge in [0.1, 0.15) is 0 Å². The lowest BCUT2D eigenvalue weighted by Crippen LogP contribution is -2.39. The van der Waals surface area contributed by atoms with Crippen molar-refractivity contribution in [3.05, 3.63) is 59.7 Å². The summed E-state index contributed by atoms with van der Waals surface area (Å²) < 4.78 is 24.2. The van der Waals surface area contributed by atoms with Crippen LogP contribution < -0.4 is 4.90 Å². The van der Waals surface area contributed by atoms with Crippen molar-refractivity contribution in [1.29, 1.82) is 0 Å². The zero-order valence-corrected chi connectivity index (χ0v) is 13.8. The highest BCUT2D eigenvalue weighted by atomic mass is 32.2. The number of para-hydroxylation sites is 1. The number of hydrogen-bond acceptors (Lipinski definition) is 3. The van der Waals surface area contributed by atoms with E-state index in [9.17, 15) is 13.2 Å². The minimum absolute atomic E-state index is 0.0137. The minimum atomic E-state index is -3.28. The van der Waals surface area contributed by atoms with Gasteiger partial charge in [-0.05, 0) is 31.0 Å². The van der Waals surface area contributed by atoms with Gasteiger partial charge in [0.15, 0.2) is 9.84 Å². The molecule has 0 unspecified atom stereocenters. The SMILES string of the molecule is Cc1cccc(CCC(=O)N2CCS(=O)(=O)c3ccccc32)c1. The van der Waals surface area contributed by atoms with Gasteiger partial charge in [0.05, 0.1) is 16.3 Å². The molecular formula is C18H19NO3S. The summed E-state index contributed by atoms with van der Waals surface area (Å²) in [6, 6.07) is 14.8. The number of carbonyl (C=O) groups excluding carboxylic acids is 1. The van der Waals surface area contributed by atoms with E-state index in [-0.39, 0.29) is 23.1 Å². The van der Waals surface area contributed by atoms with Crippen LogP contribution in [-0.4, -0.2) is 26.6 Å². The molecule has 1 aliphatic rings. The standard InChI is InChI=1S/C18H19NO3S/c1-14-5-4-6-15(13-14)9-10-18(20)19-11-12-23(21,22)17-8-3-2-7-16(17)19/h2-8,13H,9-12H2,1H3. The number of aryl methyl sites for hydroxylation is 2. The first-order valence-electron chi connectivity index (χ1n) is 7.65. The second kappa shape index (κ2) is 6.16. The van der Waals surface area contributed by atoms with Crippen LogP contribution in [0.3, 0.4) is 0 Å². The molecule has 1 amide bonds. The second-order valence-electron chi connectivity index (χ2n) is 5.82. The third kappa shape index (κ3) is 3.29. The van der Waals surface area contributed by atoms with Crippen molar-refractivity contribution in [2.75, 3.05) is 17.2 Å². The first-order valence-corrected chi connectivity index (χ1v) is 9.30. The van der Waals surface area contributed by atoms with Crippen LogP contribution in [0.2, 0.25) is 0 Å². The summed E-state index contributed by atoms with van der Waals surface area (Å²) >= 11 is 0. The lowest BCUT2D eigenvalue weighted by atomic mass is 10.1. The van der Waals surface area contributed by atoms with Gasteiger partial charge in [-0.15, -0.1) is 0 Å². The van der Waals surface area contributed by atoms with Crippen LogP contribution in [0.25, 0.3) is 0 Å². The molecule has 0 N–H and O–H groups in total. The molecule has 0 fully saturated rings. The number of anilines is 1. The van der Waals surface area contributed by atoms with E-state index >= 15 is 0 Å². The molecule has 4 nitrogen and oxygen atoms in total. The van der Waals surface area contributed by atoms with E-state index in [1.807, 2.05) is 25.1 Å². The number of carbonyl (C=O) groups is 1. The number of rotatable bonds is 3. The summed E-state index contributed by atoms with van der Waals surface area (Å²) in [5.41, 5.74) is 2.80. The maximum atomic E-state index is 12.6. The van der Waals surface area contributed by atoms with Crippen molar-refractivity contribution in [3.63, 3.8) is 0 Å². The van der Waals surface area contributed by atoms with E-state index in [1.54, 1.807) is 29.2 Å². The highest BCUT2D eigenvalue weighted by Gasteiger charge is 2.30.